The predicted molar refractivity (Wildman–Crippen MR) is 99.3 cm³/mol. The van der Waals surface area contributed by atoms with E-state index in [4.69, 9.17) is 11.6 Å². The van der Waals surface area contributed by atoms with Gasteiger partial charge >= 0.3 is 0 Å². The number of likely N-dealkylation sites (tertiary alicyclic amines) is 1. The third kappa shape index (κ3) is 7.15. The van der Waals surface area contributed by atoms with Crippen molar-refractivity contribution in [3.05, 3.63) is 29.3 Å². The lowest BCUT2D eigenvalue weighted by molar-refractivity contribution is -0.120. The van der Waals surface area contributed by atoms with Crippen molar-refractivity contribution >= 4 is 29.3 Å². The molecule has 0 aromatic heterocycles. The predicted octanol–water partition coefficient (Wildman–Crippen LogP) is 4.06. The van der Waals surface area contributed by atoms with E-state index in [0.29, 0.717) is 6.42 Å². The lowest BCUT2D eigenvalue weighted by Gasteiger charge is -2.30. The molecule has 1 heterocycles. The highest BCUT2D eigenvalue weighted by molar-refractivity contribution is 7.99. The average molecular weight is 355 g/mol. The van der Waals surface area contributed by atoms with E-state index in [1.807, 2.05) is 24.3 Å². The number of carbonyl (C=O) groups is 1. The van der Waals surface area contributed by atoms with E-state index in [-0.39, 0.29) is 5.91 Å². The molecular weight excluding hydrogens is 328 g/mol. The molecule has 1 fully saturated rings. The molecule has 0 spiro atoms. The van der Waals surface area contributed by atoms with Crippen LogP contribution in [-0.4, -0.2) is 42.7 Å². The Morgan fingerprint density at radius 3 is 2.83 bits per heavy atom. The largest absolute Gasteiger partial charge is 0.356 e. The van der Waals surface area contributed by atoms with Gasteiger partial charge in [0.25, 0.3) is 0 Å². The minimum atomic E-state index is 0.136. The standard InChI is InChI=1S/C18H27ClN2OS/c1-15-7-12-21(13-8-15)11-4-10-20-18(22)9-14-23-17-6-3-2-5-16(17)19/h2-3,5-6,15H,4,7-14H2,1H3,(H,20,22). The number of halogens is 1. The number of rotatable bonds is 8. The molecule has 0 atom stereocenters. The Bertz CT molecular complexity index is 490. The van der Waals surface area contributed by atoms with Crippen LogP contribution >= 0.6 is 23.4 Å². The average Bonchev–Trinajstić information content (AvgIpc) is 2.55. The van der Waals surface area contributed by atoms with E-state index in [0.717, 1.165) is 41.1 Å². The van der Waals surface area contributed by atoms with Crippen molar-refractivity contribution in [2.45, 2.75) is 37.5 Å². The molecule has 1 aromatic rings. The van der Waals surface area contributed by atoms with E-state index in [1.54, 1.807) is 11.8 Å². The first-order chi connectivity index (χ1) is 11.1. The summed E-state index contributed by atoms with van der Waals surface area (Å²) in [6.45, 7) is 6.63. The molecule has 5 heteroatoms. The zero-order chi connectivity index (χ0) is 16.5. The number of hydrogen-bond acceptors (Lipinski definition) is 3. The van der Waals surface area contributed by atoms with Crippen LogP contribution in [-0.2, 0) is 4.79 Å². The maximum Gasteiger partial charge on any atom is 0.220 e. The Morgan fingerprint density at radius 1 is 1.35 bits per heavy atom. The normalized spacial score (nSPS) is 16.4. The second-order valence-corrected chi connectivity index (χ2v) is 7.80. The summed E-state index contributed by atoms with van der Waals surface area (Å²) in [6.07, 6.45) is 4.20. The third-order valence-corrected chi connectivity index (χ3v) is 5.79. The van der Waals surface area contributed by atoms with Crippen LogP contribution in [0, 0.1) is 5.92 Å². The molecule has 0 radical (unpaired) electrons. The third-order valence-electron chi connectivity index (χ3n) is 4.27. The van der Waals surface area contributed by atoms with Crippen LogP contribution in [0.4, 0.5) is 0 Å². The molecule has 0 unspecified atom stereocenters. The van der Waals surface area contributed by atoms with Gasteiger partial charge in [-0.05, 0) is 56.9 Å². The van der Waals surface area contributed by atoms with Crippen molar-refractivity contribution in [1.29, 1.82) is 0 Å². The molecule has 1 amide bonds. The van der Waals surface area contributed by atoms with Gasteiger partial charge < -0.3 is 10.2 Å². The zero-order valence-electron chi connectivity index (χ0n) is 13.9. The Hall–Kier alpha value is -0.710. The first-order valence-corrected chi connectivity index (χ1v) is 9.88. The summed E-state index contributed by atoms with van der Waals surface area (Å²) in [5, 5.41) is 3.78. The van der Waals surface area contributed by atoms with Crippen LogP contribution in [0.2, 0.25) is 5.02 Å². The van der Waals surface area contributed by atoms with Gasteiger partial charge in [0.05, 0.1) is 5.02 Å². The molecule has 1 aromatic carbocycles. The van der Waals surface area contributed by atoms with Crippen molar-refractivity contribution in [1.82, 2.24) is 10.2 Å². The summed E-state index contributed by atoms with van der Waals surface area (Å²) in [4.78, 5) is 15.4. The van der Waals surface area contributed by atoms with Gasteiger partial charge in [0.1, 0.15) is 0 Å². The van der Waals surface area contributed by atoms with Crippen LogP contribution in [0.3, 0.4) is 0 Å². The van der Waals surface area contributed by atoms with E-state index < -0.39 is 0 Å². The van der Waals surface area contributed by atoms with E-state index in [2.05, 4.69) is 17.1 Å². The molecular formula is C18H27ClN2OS. The number of nitrogens with one attached hydrogen (secondary N) is 1. The Balaban J connectivity index is 1.51. The van der Waals surface area contributed by atoms with Crippen molar-refractivity contribution < 1.29 is 4.79 Å². The second kappa shape index (κ2) is 10.2. The number of benzene rings is 1. The van der Waals surface area contributed by atoms with Gasteiger partial charge in [-0.2, -0.15) is 0 Å². The number of piperidine rings is 1. The highest BCUT2D eigenvalue weighted by Gasteiger charge is 2.14. The fourth-order valence-electron chi connectivity index (χ4n) is 2.72. The molecule has 1 N–H and O–H groups in total. The minimum absolute atomic E-state index is 0.136. The first kappa shape index (κ1) is 18.6. The van der Waals surface area contributed by atoms with Gasteiger partial charge in [0.15, 0.2) is 0 Å². The number of thioether (sulfide) groups is 1. The van der Waals surface area contributed by atoms with E-state index >= 15 is 0 Å². The highest BCUT2D eigenvalue weighted by Crippen LogP contribution is 2.26. The molecule has 1 saturated heterocycles. The first-order valence-electron chi connectivity index (χ1n) is 8.51. The Morgan fingerprint density at radius 2 is 2.09 bits per heavy atom. The van der Waals surface area contributed by atoms with Crippen LogP contribution in [0.5, 0.6) is 0 Å². The molecule has 0 bridgehead atoms. The molecule has 23 heavy (non-hydrogen) atoms. The quantitative estimate of drug-likeness (QED) is 0.564. The SMILES string of the molecule is CC1CCN(CCCNC(=O)CCSc2ccccc2Cl)CC1. The van der Waals surface area contributed by atoms with Gasteiger partial charge in [-0.1, -0.05) is 30.7 Å². The van der Waals surface area contributed by atoms with Crippen molar-refractivity contribution in [2.75, 3.05) is 31.9 Å². The lowest BCUT2D eigenvalue weighted by atomic mass is 9.99. The summed E-state index contributed by atoms with van der Waals surface area (Å²) in [5.74, 6) is 1.78. The van der Waals surface area contributed by atoms with Crippen LogP contribution in [0.25, 0.3) is 0 Å². The van der Waals surface area contributed by atoms with Gasteiger partial charge in [0, 0.05) is 23.6 Å². The van der Waals surface area contributed by atoms with E-state index in [1.165, 1.54) is 25.9 Å². The molecule has 1 aliphatic rings. The van der Waals surface area contributed by atoms with Crippen LogP contribution in [0.15, 0.2) is 29.2 Å². The summed E-state index contributed by atoms with van der Waals surface area (Å²) >= 11 is 7.74. The summed E-state index contributed by atoms with van der Waals surface area (Å²) < 4.78 is 0. The van der Waals surface area contributed by atoms with Crippen molar-refractivity contribution in [3.63, 3.8) is 0 Å². The van der Waals surface area contributed by atoms with Gasteiger partial charge in [0.2, 0.25) is 5.91 Å². The molecule has 2 rings (SSSR count). The number of carbonyl (C=O) groups excluding carboxylic acids is 1. The maximum atomic E-state index is 11.8. The van der Waals surface area contributed by atoms with Crippen molar-refractivity contribution in [2.24, 2.45) is 5.92 Å². The van der Waals surface area contributed by atoms with Gasteiger partial charge in [-0.15, -0.1) is 11.8 Å². The summed E-state index contributed by atoms with van der Waals surface area (Å²) in [6, 6.07) is 7.76. The lowest BCUT2D eigenvalue weighted by Crippen LogP contribution is -2.35. The van der Waals surface area contributed by atoms with Crippen LogP contribution < -0.4 is 5.32 Å². The number of nitrogens with zero attached hydrogens (tertiary/aromatic N) is 1. The highest BCUT2D eigenvalue weighted by atomic mass is 35.5. The molecule has 1 aliphatic heterocycles. The van der Waals surface area contributed by atoms with Gasteiger partial charge in [-0.3, -0.25) is 4.79 Å². The summed E-state index contributed by atoms with van der Waals surface area (Å²) in [7, 11) is 0. The molecule has 0 aliphatic carbocycles. The monoisotopic (exact) mass is 354 g/mol. The topological polar surface area (TPSA) is 32.3 Å². The fraction of sp³-hybridized carbons (Fsp3) is 0.611. The number of amides is 1. The minimum Gasteiger partial charge on any atom is -0.356 e. The zero-order valence-corrected chi connectivity index (χ0v) is 15.5. The van der Waals surface area contributed by atoms with Crippen LogP contribution in [0.1, 0.15) is 32.6 Å². The fourth-order valence-corrected chi connectivity index (χ4v) is 3.91. The smallest absolute Gasteiger partial charge is 0.220 e. The molecule has 0 saturated carbocycles. The van der Waals surface area contributed by atoms with Gasteiger partial charge in [-0.25, -0.2) is 0 Å². The van der Waals surface area contributed by atoms with E-state index in [9.17, 15) is 4.79 Å². The Labute approximate surface area is 149 Å². The molecule has 3 nitrogen and oxygen atoms in total. The maximum absolute atomic E-state index is 11.8. The Kier molecular flexibility index (Phi) is 8.27. The molecule has 128 valence electrons. The van der Waals surface area contributed by atoms with Crippen molar-refractivity contribution in [3.8, 4) is 0 Å². The summed E-state index contributed by atoms with van der Waals surface area (Å²) in [5.41, 5.74) is 0. The second-order valence-electron chi connectivity index (χ2n) is 6.26. The number of hydrogen-bond donors (Lipinski definition) is 1.